The van der Waals surface area contributed by atoms with Crippen LogP contribution in [0.25, 0.3) is 10.1 Å². The van der Waals surface area contributed by atoms with Gasteiger partial charge in [-0.25, -0.2) is 0 Å². The van der Waals surface area contributed by atoms with Crippen molar-refractivity contribution < 1.29 is 5.11 Å². The molecule has 0 radical (unpaired) electrons. The van der Waals surface area contributed by atoms with Crippen LogP contribution in [-0.2, 0) is 0 Å². The van der Waals surface area contributed by atoms with E-state index in [4.69, 9.17) is 0 Å². The van der Waals surface area contributed by atoms with Crippen LogP contribution >= 0.6 is 11.3 Å². The quantitative estimate of drug-likeness (QED) is 0.668. The summed E-state index contributed by atoms with van der Waals surface area (Å²) in [6.45, 7) is 2.01. The molecule has 0 aliphatic carbocycles. The number of hydrogen-bond acceptors (Lipinski definition) is 3. The molecule has 3 heteroatoms. The second-order valence-corrected chi connectivity index (χ2v) is 5.45. The number of rotatable bonds is 2. The summed E-state index contributed by atoms with van der Waals surface area (Å²) < 4.78 is 1.28. The Balaban J connectivity index is 1.98. The van der Waals surface area contributed by atoms with Crippen LogP contribution in [0.4, 0.5) is 5.69 Å². The molecule has 2 aromatic carbocycles. The number of benzene rings is 2. The van der Waals surface area contributed by atoms with Gasteiger partial charge in [0, 0.05) is 9.58 Å². The fourth-order valence-corrected chi connectivity index (χ4v) is 2.94. The molecule has 0 spiro atoms. The minimum absolute atomic E-state index is 0.262. The predicted molar refractivity (Wildman–Crippen MR) is 81.8 cm³/mol. The van der Waals surface area contributed by atoms with Crippen molar-refractivity contribution in [3.63, 3.8) is 0 Å². The summed E-state index contributed by atoms with van der Waals surface area (Å²) in [5, 5.41) is 10.5. The fraction of sp³-hybridized carbons (Fsp3) is 0.0625. The highest BCUT2D eigenvalue weighted by atomic mass is 32.1. The molecule has 0 atom stereocenters. The molecule has 0 saturated carbocycles. The molecule has 0 unspecified atom stereocenters. The molecule has 0 bridgehead atoms. The SMILES string of the molecule is CC(=Nc1ccc(O)cc1)c1cc2ccccc2s1. The van der Waals surface area contributed by atoms with E-state index in [2.05, 4.69) is 29.3 Å². The minimum Gasteiger partial charge on any atom is -0.508 e. The number of fused-ring (bicyclic) bond motifs is 1. The monoisotopic (exact) mass is 267 g/mol. The average Bonchev–Trinajstić information content (AvgIpc) is 2.85. The smallest absolute Gasteiger partial charge is 0.115 e. The van der Waals surface area contributed by atoms with Gasteiger partial charge in [0.2, 0.25) is 0 Å². The van der Waals surface area contributed by atoms with Crippen LogP contribution in [0.15, 0.2) is 59.6 Å². The molecule has 3 aromatic rings. The number of thiophene rings is 1. The van der Waals surface area contributed by atoms with Gasteiger partial charge in [-0.1, -0.05) is 18.2 Å². The topological polar surface area (TPSA) is 32.6 Å². The Morgan fingerprint density at radius 3 is 2.53 bits per heavy atom. The van der Waals surface area contributed by atoms with Gasteiger partial charge in [-0.15, -0.1) is 11.3 Å². The van der Waals surface area contributed by atoms with E-state index in [0.29, 0.717) is 0 Å². The molecule has 2 nitrogen and oxygen atoms in total. The lowest BCUT2D eigenvalue weighted by atomic mass is 10.2. The zero-order chi connectivity index (χ0) is 13.2. The largest absolute Gasteiger partial charge is 0.508 e. The predicted octanol–water partition coefficient (Wildman–Crippen LogP) is 4.75. The van der Waals surface area contributed by atoms with Gasteiger partial charge in [0.1, 0.15) is 5.75 Å². The van der Waals surface area contributed by atoms with Crippen molar-refractivity contribution in [3.8, 4) is 5.75 Å². The maximum atomic E-state index is 9.26. The van der Waals surface area contributed by atoms with Gasteiger partial charge in [-0.3, -0.25) is 4.99 Å². The Morgan fingerprint density at radius 2 is 1.79 bits per heavy atom. The van der Waals surface area contributed by atoms with Crippen molar-refractivity contribution in [2.24, 2.45) is 4.99 Å². The lowest BCUT2D eigenvalue weighted by Crippen LogP contribution is -1.88. The van der Waals surface area contributed by atoms with Gasteiger partial charge < -0.3 is 5.11 Å². The van der Waals surface area contributed by atoms with E-state index in [1.54, 1.807) is 23.5 Å². The zero-order valence-electron chi connectivity index (χ0n) is 10.5. The average molecular weight is 267 g/mol. The third kappa shape index (κ3) is 2.51. The Morgan fingerprint density at radius 1 is 1.05 bits per heavy atom. The van der Waals surface area contributed by atoms with Gasteiger partial charge in [-0.2, -0.15) is 0 Å². The fourth-order valence-electron chi connectivity index (χ4n) is 1.94. The van der Waals surface area contributed by atoms with Crippen LogP contribution < -0.4 is 0 Å². The van der Waals surface area contributed by atoms with Crippen molar-refractivity contribution in [2.75, 3.05) is 0 Å². The van der Waals surface area contributed by atoms with Crippen LogP contribution in [-0.4, -0.2) is 10.8 Å². The standard InChI is InChI=1S/C16H13NOS/c1-11(17-13-6-8-14(18)9-7-13)16-10-12-4-2-3-5-15(12)19-16/h2-10,18H,1H3. The summed E-state index contributed by atoms with van der Waals surface area (Å²) in [7, 11) is 0. The van der Waals surface area contributed by atoms with Crippen molar-refractivity contribution in [2.45, 2.75) is 6.92 Å². The lowest BCUT2D eigenvalue weighted by molar-refractivity contribution is 0.475. The first-order chi connectivity index (χ1) is 9.22. The maximum absolute atomic E-state index is 9.26. The number of aliphatic imine (C=N–C) groups is 1. The highest BCUT2D eigenvalue weighted by molar-refractivity contribution is 7.20. The van der Waals surface area contributed by atoms with Crippen molar-refractivity contribution in [3.05, 3.63) is 59.5 Å². The first-order valence-corrected chi connectivity index (χ1v) is 6.87. The Hall–Kier alpha value is -2.13. The number of aromatic hydroxyl groups is 1. The summed E-state index contributed by atoms with van der Waals surface area (Å²) in [6, 6.07) is 17.4. The van der Waals surface area contributed by atoms with Gasteiger partial charge in [0.25, 0.3) is 0 Å². The molecule has 0 fully saturated rings. The van der Waals surface area contributed by atoms with Crippen LogP contribution in [0.1, 0.15) is 11.8 Å². The summed E-state index contributed by atoms with van der Waals surface area (Å²) in [5.74, 6) is 0.262. The van der Waals surface area contributed by atoms with E-state index < -0.39 is 0 Å². The molecule has 19 heavy (non-hydrogen) atoms. The third-order valence-electron chi connectivity index (χ3n) is 2.93. The summed E-state index contributed by atoms with van der Waals surface area (Å²) in [5.41, 5.74) is 1.85. The maximum Gasteiger partial charge on any atom is 0.115 e. The molecule has 0 amide bonds. The van der Waals surface area contributed by atoms with E-state index in [0.717, 1.165) is 11.4 Å². The second kappa shape index (κ2) is 4.86. The first-order valence-electron chi connectivity index (χ1n) is 6.06. The normalized spacial score (nSPS) is 11.9. The first kappa shape index (κ1) is 11.9. The van der Waals surface area contributed by atoms with E-state index >= 15 is 0 Å². The highest BCUT2D eigenvalue weighted by Crippen LogP contribution is 2.27. The lowest BCUT2D eigenvalue weighted by Gasteiger charge is -1.98. The number of nitrogens with zero attached hydrogens (tertiary/aromatic N) is 1. The molecule has 3 rings (SSSR count). The molecular formula is C16H13NOS. The van der Waals surface area contributed by atoms with Crippen molar-refractivity contribution in [1.82, 2.24) is 0 Å². The second-order valence-electron chi connectivity index (χ2n) is 4.36. The molecular weight excluding hydrogens is 254 g/mol. The molecule has 0 aliphatic rings. The van der Waals surface area contributed by atoms with E-state index in [1.165, 1.54) is 15.0 Å². The molecule has 0 aliphatic heterocycles. The Kier molecular flexibility index (Phi) is 3.05. The van der Waals surface area contributed by atoms with Crippen LogP contribution in [0, 0.1) is 0 Å². The van der Waals surface area contributed by atoms with Gasteiger partial charge >= 0.3 is 0 Å². The van der Waals surface area contributed by atoms with Crippen LogP contribution in [0.2, 0.25) is 0 Å². The van der Waals surface area contributed by atoms with E-state index in [1.807, 2.05) is 25.1 Å². The molecule has 1 aromatic heterocycles. The van der Waals surface area contributed by atoms with Gasteiger partial charge in [0.15, 0.2) is 0 Å². The minimum atomic E-state index is 0.262. The molecule has 0 saturated heterocycles. The van der Waals surface area contributed by atoms with E-state index in [-0.39, 0.29) is 5.75 Å². The van der Waals surface area contributed by atoms with Crippen LogP contribution in [0.5, 0.6) is 5.75 Å². The summed E-state index contributed by atoms with van der Waals surface area (Å²) in [4.78, 5) is 5.76. The Bertz CT molecular complexity index is 708. The van der Waals surface area contributed by atoms with Crippen molar-refractivity contribution >= 4 is 32.8 Å². The zero-order valence-corrected chi connectivity index (χ0v) is 11.3. The number of phenols is 1. The molecule has 1 N–H and O–H groups in total. The van der Waals surface area contributed by atoms with E-state index in [9.17, 15) is 5.11 Å². The Labute approximate surface area is 115 Å². The summed E-state index contributed by atoms with van der Waals surface area (Å²) >= 11 is 1.75. The molecule has 94 valence electrons. The summed E-state index contributed by atoms with van der Waals surface area (Å²) in [6.07, 6.45) is 0. The van der Waals surface area contributed by atoms with Gasteiger partial charge in [-0.05, 0) is 48.7 Å². The van der Waals surface area contributed by atoms with Gasteiger partial charge in [0.05, 0.1) is 11.4 Å². The molecule has 1 heterocycles. The third-order valence-corrected chi connectivity index (χ3v) is 4.15. The highest BCUT2D eigenvalue weighted by Gasteiger charge is 2.04. The van der Waals surface area contributed by atoms with Crippen LogP contribution in [0.3, 0.4) is 0 Å². The van der Waals surface area contributed by atoms with Crippen molar-refractivity contribution in [1.29, 1.82) is 0 Å². The number of hydrogen-bond donors (Lipinski definition) is 1. The number of phenolic OH excluding ortho intramolecular Hbond substituents is 1.